The molecule has 0 bridgehead atoms. The summed E-state index contributed by atoms with van der Waals surface area (Å²) in [6.07, 6.45) is 0.878. The molecule has 0 saturated heterocycles. The van der Waals surface area contributed by atoms with Crippen molar-refractivity contribution in [2.45, 2.75) is 25.3 Å². The SMILES string of the molecule is COCCC(C)n1c(CCl)nc2ccc(C#N)cc21. The number of fused-ring (bicyclic) bond motifs is 1. The minimum absolute atomic E-state index is 0.229. The van der Waals surface area contributed by atoms with Gasteiger partial charge in [-0.1, -0.05) is 0 Å². The van der Waals surface area contributed by atoms with Crippen molar-refractivity contribution in [3.8, 4) is 6.07 Å². The maximum absolute atomic E-state index is 9.01. The standard InChI is InChI=1S/C14H16ClN3O/c1-10(5-6-19-2)18-13-7-11(9-16)3-4-12(13)17-14(18)8-15/h3-4,7,10H,5-6,8H2,1-2H3. The van der Waals surface area contributed by atoms with E-state index in [0.29, 0.717) is 18.1 Å². The van der Waals surface area contributed by atoms with Crippen LogP contribution in [0, 0.1) is 11.3 Å². The molecule has 100 valence electrons. The Morgan fingerprint density at radius 1 is 1.53 bits per heavy atom. The van der Waals surface area contributed by atoms with Crippen LogP contribution in [0.2, 0.25) is 0 Å². The van der Waals surface area contributed by atoms with E-state index in [2.05, 4.69) is 22.5 Å². The van der Waals surface area contributed by atoms with Crippen LogP contribution in [0.3, 0.4) is 0 Å². The molecule has 0 aliphatic heterocycles. The highest BCUT2D eigenvalue weighted by Crippen LogP contribution is 2.25. The molecule has 0 fully saturated rings. The zero-order chi connectivity index (χ0) is 13.8. The Kier molecular flexibility index (Phi) is 4.41. The molecular weight excluding hydrogens is 262 g/mol. The van der Waals surface area contributed by atoms with Crippen molar-refractivity contribution in [3.63, 3.8) is 0 Å². The highest BCUT2D eigenvalue weighted by atomic mass is 35.5. The summed E-state index contributed by atoms with van der Waals surface area (Å²) in [5, 5.41) is 9.01. The summed E-state index contributed by atoms with van der Waals surface area (Å²) in [7, 11) is 1.69. The molecule has 1 unspecified atom stereocenters. The number of methoxy groups -OCH3 is 1. The van der Waals surface area contributed by atoms with E-state index in [1.165, 1.54) is 0 Å². The second-order valence-corrected chi connectivity index (χ2v) is 4.74. The maximum Gasteiger partial charge on any atom is 0.125 e. The largest absolute Gasteiger partial charge is 0.385 e. The molecule has 0 radical (unpaired) electrons. The van der Waals surface area contributed by atoms with E-state index in [0.717, 1.165) is 23.3 Å². The van der Waals surface area contributed by atoms with Crippen LogP contribution < -0.4 is 0 Å². The number of rotatable bonds is 5. The number of aromatic nitrogens is 2. The summed E-state index contributed by atoms with van der Waals surface area (Å²) < 4.78 is 7.22. The van der Waals surface area contributed by atoms with E-state index in [-0.39, 0.29) is 6.04 Å². The molecule has 4 nitrogen and oxygen atoms in total. The van der Waals surface area contributed by atoms with Crippen LogP contribution in [0.15, 0.2) is 18.2 Å². The van der Waals surface area contributed by atoms with Gasteiger partial charge in [-0.05, 0) is 31.5 Å². The number of benzene rings is 1. The lowest BCUT2D eigenvalue weighted by molar-refractivity contribution is 0.181. The van der Waals surface area contributed by atoms with E-state index in [1.807, 2.05) is 12.1 Å². The molecule has 5 heteroatoms. The first kappa shape index (κ1) is 13.9. The molecule has 0 amide bonds. The van der Waals surface area contributed by atoms with Crippen LogP contribution in [0.25, 0.3) is 11.0 Å². The van der Waals surface area contributed by atoms with Crippen molar-refractivity contribution in [2.24, 2.45) is 0 Å². The summed E-state index contributed by atoms with van der Waals surface area (Å²) in [5.41, 5.74) is 2.46. The zero-order valence-electron chi connectivity index (χ0n) is 11.1. The fourth-order valence-corrected chi connectivity index (χ4v) is 2.40. The fourth-order valence-electron chi connectivity index (χ4n) is 2.22. The van der Waals surface area contributed by atoms with E-state index in [9.17, 15) is 0 Å². The molecule has 19 heavy (non-hydrogen) atoms. The zero-order valence-corrected chi connectivity index (χ0v) is 11.8. The normalized spacial score (nSPS) is 12.5. The van der Waals surface area contributed by atoms with Gasteiger partial charge < -0.3 is 9.30 Å². The highest BCUT2D eigenvalue weighted by molar-refractivity contribution is 6.16. The van der Waals surface area contributed by atoms with Crippen molar-refractivity contribution < 1.29 is 4.74 Å². The Morgan fingerprint density at radius 2 is 2.32 bits per heavy atom. The van der Waals surface area contributed by atoms with E-state index < -0.39 is 0 Å². The fraction of sp³-hybridized carbons (Fsp3) is 0.429. The van der Waals surface area contributed by atoms with E-state index in [1.54, 1.807) is 13.2 Å². The first-order valence-corrected chi connectivity index (χ1v) is 6.70. The summed E-state index contributed by atoms with van der Waals surface area (Å²) >= 11 is 5.98. The molecule has 1 aromatic heterocycles. The van der Waals surface area contributed by atoms with Gasteiger partial charge in [-0.2, -0.15) is 5.26 Å². The van der Waals surface area contributed by atoms with Gasteiger partial charge in [0.2, 0.25) is 0 Å². The maximum atomic E-state index is 9.01. The Labute approximate surface area is 117 Å². The first-order chi connectivity index (χ1) is 9.21. The molecule has 0 spiro atoms. The van der Waals surface area contributed by atoms with Crippen LogP contribution in [0.1, 0.15) is 30.8 Å². The number of imidazole rings is 1. The van der Waals surface area contributed by atoms with Crippen molar-refractivity contribution in [1.82, 2.24) is 9.55 Å². The Bertz CT molecular complexity index is 615. The van der Waals surface area contributed by atoms with E-state index in [4.69, 9.17) is 21.6 Å². The van der Waals surface area contributed by atoms with Crippen molar-refractivity contribution in [3.05, 3.63) is 29.6 Å². The van der Waals surface area contributed by atoms with Crippen LogP contribution >= 0.6 is 11.6 Å². The second kappa shape index (κ2) is 6.05. The molecule has 1 atom stereocenters. The number of hydrogen-bond donors (Lipinski definition) is 0. The third-order valence-corrected chi connectivity index (χ3v) is 3.43. The summed E-state index contributed by atoms with van der Waals surface area (Å²) in [4.78, 5) is 4.52. The van der Waals surface area contributed by atoms with Crippen LogP contribution in [0.4, 0.5) is 0 Å². The minimum Gasteiger partial charge on any atom is -0.385 e. The minimum atomic E-state index is 0.229. The highest BCUT2D eigenvalue weighted by Gasteiger charge is 2.15. The lowest BCUT2D eigenvalue weighted by Crippen LogP contribution is -2.10. The van der Waals surface area contributed by atoms with Crippen LogP contribution in [-0.2, 0) is 10.6 Å². The van der Waals surface area contributed by atoms with Gasteiger partial charge in [-0.15, -0.1) is 11.6 Å². The molecule has 0 aliphatic carbocycles. The lowest BCUT2D eigenvalue weighted by atomic mass is 10.2. The molecule has 0 saturated carbocycles. The predicted molar refractivity (Wildman–Crippen MR) is 75.2 cm³/mol. The monoisotopic (exact) mass is 277 g/mol. The van der Waals surface area contributed by atoms with Gasteiger partial charge in [0.25, 0.3) is 0 Å². The van der Waals surface area contributed by atoms with Gasteiger partial charge in [-0.3, -0.25) is 0 Å². The number of ether oxygens (including phenoxy) is 1. The Morgan fingerprint density at radius 3 is 2.95 bits per heavy atom. The third-order valence-electron chi connectivity index (χ3n) is 3.19. The lowest BCUT2D eigenvalue weighted by Gasteiger charge is -2.16. The molecule has 1 aromatic carbocycles. The first-order valence-electron chi connectivity index (χ1n) is 6.17. The van der Waals surface area contributed by atoms with Gasteiger partial charge in [-0.25, -0.2) is 4.98 Å². The Balaban J connectivity index is 2.52. The average molecular weight is 278 g/mol. The predicted octanol–water partition coefficient (Wildman–Crippen LogP) is 3.24. The molecule has 0 N–H and O–H groups in total. The summed E-state index contributed by atoms with van der Waals surface area (Å²) in [6.45, 7) is 2.79. The molecular formula is C14H16ClN3O. The van der Waals surface area contributed by atoms with Gasteiger partial charge in [0.15, 0.2) is 0 Å². The smallest absolute Gasteiger partial charge is 0.125 e. The number of hydrogen-bond acceptors (Lipinski definition) is 3. The number of nitriles is 1. The molecule has 0 aliphatic rings. The second-order valence-electron chi connectivity index (χ2n) is 4.48. The van der Waals surface area contributed by atoms with Crippen molar-refractivity contribution in [1.29, 1.82) is 5.26 Å². The van der Waals surface area contributed by atoms with Gasteiger partial charge >= 0.3 is 0 Å². The average Bonchev–Trinajstić information content (AvgIpc) is 2.82. The van der Waals surface area contributed by atoms with Gasteiger partial charge in [0, 0.05) is 19.8 Å². The number of alkyl halides is 1. The molecule has 1 heterocycles. The number of halogens is 1. The Hall–Kier alpha value is -1.57. The van der Waals surface area contributed by atoms with Gasteiger partial charge in [0.1, 0.15) is 5.82 Å². The topological polar surface area (TPSA) is 50.8 Å². The van der Waals surface area contributed by atoms with Crippen molar-refractivity contribution >= 4 is 22.6 Å². The van der Waals surface area contributed by atoms with Crippen LogP contribution in [-0.4, -0.2) is 23.3 Å². The summed E-state index contributed by atoms with van der Waals surface area (Å²) in [6, 6.07) is 7.89. The molecule has 2 aromatic rings. The van der Waals surface area contributed by atoms with Gasteiger partial charge in [0.05, 0.1) is 28.5 Å². The number of nitrogens with zero attached hydrogens (tertiary/aromatic N) is 3. The quantitative estimate of drug-likeness (QED) is 0.788. The summed E-state index contributed by atoms with van der Waals surface area (Å²) in [5.74, 6) is 1.18. The van der Waals surface area contributed by atoms with Crippen LogP contribution in [0.5, 0.6) is 0 Å². The third kappa shape index (κ3) is 2.73. The molecule has 2 rings (SSSR count). The van der Waals surface area contributed by atoms with E-state index >= 15 is 0 Å². The van der Waals surface area contributed by atoms with Crippen molar-refractivity contribution in [2.75, 3.05) is 13.7 Å².